The molecule has 0 radical (unpaired) electrons. The quantitative estimate of drug-likeness (QED) is 0.743. The van der Waals surface area contributed by atoms with Crippen LogP contribution in [0.1, 0.15) is 65.1 Å². The first kappa shape index (κ1) is 20.8. The average Bonchev–Trinajstić information content (AvgIpc) is 3.12. The third-order valence-electron chi connectivity index (χ3n) is 7.72. The van der Waals surface area contributed by atoms with Gasteiger partial charge in [0.05, 0.1) is 0 Å². The molecule has 0 saturated carbocycles. The molecule has 2 aliphatic heterocycles. The Morgan fingerprint density at radius 2 is 1.77 bits per heavy atom. The minimum atomic E-state index is -0.109. The Morgan fingerprint density at radius 3 is 2.55 bits per heavy atom. The smallest absolute Gasteiger partial charge is 0.166 e. The number of benzene rings is 2. The van der Waals surface area contributed by atoms with Crippen molar-refractivity contribution in [3.8, 4) is 0 Å². The van der Waals surface area contributed by atoms with E-state index < -0.39 is 0 Å². The van der Waals surface area contributed by atoms with Gasteiger partial charge in [0.15, 0.2) is 5.78 Å². The summed E-state index contributed by atoms with van der Waals surface area (Å²) in [7, 11) is 0. The van der Waals surface area contributed by atoms with Crippen molar-refractivity contribution in [3.05, 3.63) is 70.5 Å². The highest BCUT2D eigenvalue weighted by Gasteiger charge is 2.34. The molecule has 2 heterocycles. The number of hydrogen-bond acceptors (Lipinski definition) is 3. The van der Waals surface area contributed by atoms with Gasteiger partial charge in [-0.3, -0.25) is 9.69 Å². The maximum atomic E-state index is 13.9. The lowest BCUT2D eigenvalue weighted by molar-refractivity contribution is 0.0895. The largest absolute Gasteiger partial charge is 0.317 e. The van der Waals surface area contributed by atoms with E-state index in [1.807, 2.05) is 12.1 Å². The van der Waals surface area contributed by atoms with Gasteiger partial charge in [0.2, 0.25) is 0 Å². The number of ketones is 1. The number of piperidine rings is 2. The average molecular weight is 421 g/mol. The minimum Gasteiger partial charge on any atom is -0.317 e. The van der Waals surface area contributed by atoms with Gasteiger partial charge in [0.1, 0.15) is 5.82 Å². The summed E-state index contributed by atoms with van der Waals surface area (Å²) in [6, 6.07) is 13.7. The second-order valence-electron chi connectivity index (χ2n) is 9.75. The molecule has 1 unspecified atom stereocenters. The highest BCUT2D eigenvalue weighted by atomic mass is 19.1. The Labute approximate surface area is 185 Å². The third kappa shape index (κ3) is 4.61. The molecule has 4 heteroatoms. The van der Waals surface area contributed by atoms with Crippen molar-refractivity contribution in [2.45, 2.75) is 51.0 Å². The van der Waals surface area contributed by atoms with E-state index in [0.29, 0.717) is 24.2 Å². The number of hydrogen-bond donors (Lipinski definition) is 1. The SMILES string of the molecule is O=C1c2ccc(C3CCNCC3)cc2CC1CC1CCN(Cc2ccccc2F)CC1. The van der Waals surface area contributed by atoms with E-state index in [9.17, 15) is 9.18 Å². The van der Waals surface area contributed by atoms with Crippen molar-refractivity contribution in [2.75, 3.05) is 26.2 Å². The first-order chi connectivity index (χ1) is 15.2. The second-order valence-corrected chi connectivity index (χ2v) is 9.75. The number of carbonyl (C=O) groups excluding carboxylic acids is 1. The van der Waals surface area contributed by atoms with Crippen LogP contribution >= 0.6 is 0 Å². The van der Waals surface area contributed by atoms with E-state index >= 15 is 0 Å². The number of halogens is 1. The summed E-state index contributed by atoms with van der Waals surface area (Å²) in [6.45, 7) is 4.87. The standard InChI is InChI=1S/C27H33FN2O/c28-26-4-2-1-3-22(26)18-30-13-9-19(10-14-30)15-24-17-23-16-21(5-6-25(23)27(24)31)20-7-11-29-12-8-20/h1-6,16,19-20,24,29H,7-15,17-18H2. The van der Waals surface area contributed by atoms with Gasteiger partial charge < -0.3 is 5.32 Å². The molecule has 0 bridgehead atoms. The third-order valence-corrected chi connectivity index (χ3v) is 7.72. The van der Waals surface area contributed by atoms with Crippen molar-refractivity contribution in [1.29, 1.82) is 0 Å². The Kier molecular flexibility index (Phi) is 6.20. The zero-order valence-electron chi connectivity index (χ0n) is 18.3. The minimum absolute atomic E-state index is 0.109. The fraction of sp³-hybridized carbons (Fsp3) is 0.519. The lowest BCUT2D eigenvalue weighted by Crippen LogP contribution is -2.34. The number of rotatable bonds is 5. The Hall–Kier alpha value is -2.04. The zero-order valence-corrected chi connectivity index (χ0v) is 18.3. The van der Waals surface area contributed by atoms with Gasteiger partial charge in [-0.15, -0.1) is 0 Å². The number of likely N-dealkylation sites (tertiary alicyclic amines) is 1. The van der Waals surface area contributed by atoms with Crippen molar-refractivity contribution in [2.24, 2.45) is 11.8 Å². The van der Waals surface area contributed by atoms with Crippen molar-refractivity contribution in [3.63, 3.8) is 0 Å². The number of fused-ring (bicyclic) bond motifs is 1. The van der Waals surface area contributed by atoms with Crippen molar-refractivity contribution in [1.82, 2.24) is 10.2 Å². The molecule has 2 aromatic carbocycles. The van der Waals surface area contributed by atoms with E-state index in [0.717, 1.165) is 63.0 Å². The van der Waals surface area contributed by atoms with Gasteiger partial charge in [0.25, 0.3) is 0 Å². The first-order valence-corrected chi connectivity index (χ1v) is 12.0. The zero-order chi connectivity index (χ0) is 21.2. The lowest BCUT2D eigenvalue weighted by Gasteiger charge is -2.33. The van der Waals surface area contributed by atoms with Crippen molar-refractivity contribution < 1.29 is 9.18 Å². The molecule has 3 nitrogen and oxygen atoms in total. The Balaban J connectivity index is 1.16. The van der Waals surface area contributed by atoms with E-state index in [1.54, 1.807) is 12.1 Å². The van der Waals surface area contributed by atoms with Gasteiger partial charge >= 0.3 is 0 Å². The van der Waals surface area contributed by atoms with E-state index in [4.69, 9.17) is 0 Å². The topological polar surface area (TPSA) is 32.3 Å². The van der Waals surface area contributed by atoms with Crippen LogP contribution in [0.3, 0.4) is 0 Å². The number of nitrogens with one attached hydrogen (secondary N) is 1. The molecule has 1 atom stereocenters. The monoisotopic (exact) mass is 420 g/mol. The summed E-state index contributed by atoms with van der Waals surface area (Å²) < 4.78 is 13.9. The van der Waals surface area contributed by atoms with Crippen LogP contribution in [0.15, 0.2) is 42.5 Å². The molecule has 2 saturated heterocycles. The van der Waals surface area contributed by atoms with Crippen LogP contribution in [0.4, 0.5) is 4.39 Å². The van der Waals surface area contributed by atoms with Gasteiger partial charge in [0, 0.05) is 23.6 Å². The van der Waals surface area contributed by atoms with E-state index in [2.05, 4.69) is 28.4 Å². The van der Waals surface area contributed by atoms with Crippen LogP contribution in [-0.4, -0.2) is 36.9 Å². The summed E-state index contributed by atoms with van der Waals surface area (Å²) >= 11 is 0. The number of nitrogens with zero attached hydrogens (tertiary/aromatic N) is 1. The fourth-order valence-corrected chi connectivity index (χ4v) is 5.85. The molecule has 1 N–H and O–H groups in total. The molecule has 5 rings (SSSR count). The lowest BCUT2D eigenvalue weighted by atomic mass is 9.85. The highest BCUT2D eigenvalue weighted by Crippen LogP contribution is 2.36. The summed E-state index contributed by atoms with van der Waals surface area (Å²) in [5.74, 6) is 1.65. The highest BCUT2D eigenvalue weighted by molar-refractivity contribution is 6.02. The molecule has 1 aliphatic carbocycles. The molecule has 0 aromatic heterocycles. The fourth-order valence-electron chi connectivity index (χ4n) is 5.85. The predicted molar refractivity (Wildman–Crippen MR) is 122 cm³/mol. The van der Waals surface area contributed by atoms with Crippen LogP contribution < -0.4 is 5.32 Å². The van der Waals surface area contributed by atoms with Gasteiger partial charge in [-0.1, -0.05) is 36.4 Å². The van der Waals surface area contributed by atoms with Crippen LogP contribution in [0, 0.1) is 17.7 Å². The van der Waals surface area contributed by atoms with Crippen LogP contribution in [-0.2, 0) is 13.0 Å². The number of Topliss-reactive ketones (excluding diaryl/α,β-unsaturated/α-hetero) is 1. The Morgan fingerprint density at radius 1 is 1.00 bits per heavy atom. The molecular weight excluding hydrogens is 387 g/mol. The summed E-state index contributed by atoms with van der Waals surface area (Å²) in [5, 5.41) is 3.44. The molecule has 164 valence electrons. The summed E-state index contributed by atoms with van der Waals surface area (Å²) in [6.07, 6.45) is 6.53. The molecule has 0 spiro atoms. The van der Waals surface area contributed by atoms with E-state index in [-0.39, 0.29) is 11.7 Å². The normalized spacial score (nSPS) is 23.3. The number of carbonyl (C=O) groups is 1. The molecule has 2 fully saturated rings. The van der Waals surface area contributed by atoms with Crippen LogP contribution in [0.25, 0.3) is 0 Å². The molecule has 2 aromatic rings. The van der Waals surface area contributed by atoms with Gasteiger partial charge in [-0.25, -0.2) is 4.39 Å². The maximum Gasteiger partial charge on any atom is 0.166 e. The summed E-state index contributed by atoms with van der Waals surface area (Å²) in [5.41, 5.74) is 4.46. The van der Waals surface area contributed by atoms with Crippen LogP contribution in [0.2, 0.25) is 0 Å². The first-order valence-electron chi connectivity index (χ1n) is 12.0. The van der Waals surface area contributed by atoms with Crippen molar-refractivity contribution >= 4 is 5.78 Å². The molecular formula is C27H33FN2O. The van der Waals surface area contributed by atoms with Crippen LogP contribution in [0.5, 0.6) is 0 Å². The van der Waals surface area contributed by atoms with Gasteiger partial charge in [-0.2, -0.15) is 0 Å². The molecule has 3 aliphatic rings. The predicted octanol–water partition coefficient (Wildman–Crippen LogP) is 4.95. The maximum absolute atomic E-state index is 13.9. The molecule has 31 heavy (non-hydrogen) atoms. The van der Waals surface area contributed by atoms with E-state index in [1.165, 1.54) is 24.0 Å². The van der Waals surface area contributed by atoms with Gasteiger partial charge in [-0.05, 0) is 93.7 Å². The molecule has 0 amide bonds. The summed E-state index contributed by atoms with van der Waals surface area (Å²) in [4.78, 5) is 15.4. The second kappa shape index (κ2) is 9.22. The Bertz CT molecular complexity index is 929.